The number of rotatable bonds is 6. The van der Waals surface area contributed by atoms with Gasteiger partial charge < -0.3 is 15.2 Å². The Balaban J connectivity index is 2.41. The summed E-state index contributed by atoms with van der Waals surface area (Å²) in [6.07, 6.45) is 3.81. The van der Waals surface area contributed by atoms with E-state index in [4.69, 9.17) is 4.74 Å². The summed E-state index contributed by atoms with van der Waals surface area (Å²) in [5, 5.41) is 14.0. The number of aliphatic hydroxyl groups is 1. The molecule has 0 radical (unpaired) electrons. The molecule has 19 heavy (non-hydrogen) atoms. The van der Waals surface area contributed by atoms with Crippen molar-refractivity contribution in [1.29, 1.82) is 0 Å². The zero-order valence-electron chi connectivity index (χ0n) is 12.8. The van der Waals surface area contributed by atoms with Crippen molar-refractivity contribution in [2.24, 2.45) is 5.92 Å². The summed E-state index contributed by atoms with van der Waals surface area (Å²) in [7, 11) is 0. The van der Waals surface area contributed by atoms with Crippen molar-refractivity contribution in [3.05, 3.63) is 0 Å². The first kappa shape index (κ1) is 16.4. The first-order valence-corrected chi connectivity index (χ1v) is 7.46. The van der Waals surface area contributed by atoms with Crippen molar-refractivity contribution in [1.82, 2.24) is 5.32 Å². The molecule has 0 saturated heterocycles. The lowest BCUT2D eigenvalue weighted by Crippen LogP contribution is -2.50. The Labute approximate surface area is 116 Å². The minimum absolute atomic E-state index is 0.0283. The van der Waals surface area contributed by atoms with E-state index in [1.54, 1.807) is 0 Å². The van der Waals surface area contributed by atoms with Crippen LogP contribution in [0, 0.1) is 5.92 Å². The summed E-state index contributed by atoms with van der Waals surface area (Å²) in [6.45, 7) is 9.28. The lowest BCUT2D eigenvalue weighted by atomic mass is 9.78. The number of β-amino-alcohol motifs (C(OH)–C–C–N with tert-alkyl or cyclic N) is 1. The average Bonchev–Trinajstić information content (AvgIpc) is 2.38. The molecule has 112 valence electrons. The van der Waals surface area contributed by atoms with Crippen LogP contribution in [0.1, 0.15) is 59.8 Å². The zero-order valence-corrected chi connectivity index (χ0v) is 12.8. The second-order valence-electron chi connectivity index (χ2n) is 6.34. The van der Waals surface area contributed by atoms with Gasteiger partial charge in [-0.15, -0.1) is 0 Å². The quantitative estimate of drug-likeness (QED) is 0.727. The fourth-order valence-corrected chi connectivity index (χ4v) is 2.36. The number of ether oxygens (including phenoxy) is 1. The molecule has 0 spiro atoms. The molecule has 2 N–H and O–H groups in total. The Kier molecular flexibility index (Phi) is 5.81. The van der Waals surface area contributed by atoms with Crippen LogP contribution in [0.15, 0.2) is 0 Å². The van der Waals surface area contributed by atoms with Crippen LogP contribution in [0.4, 0.5) is 0 Å². The van der Waals surface area contributed by atoms with Gasteiger partial charge in [-0.2, -0.15) is 0 Å². The van der Waals surface area contributed by atoms with E-state index < -0.39 is 5.60 Å². The molecule has 0 aromatic carbocycles. The molecule has 1 fully saturated rings. The molecule has 0 aliphatic heterocycles. The van der Waals surface area contributed by atoms with Gasteiger partial charge in [0.2, 0.25) is 0 Å². The summed E-state index contributed by atoms with van der Waals surface area (Å²) in [5.41, 5.74) is -0.622. The Morgan fingerprint density at radius 3 is 2.42 bits per heavy atom. The molecule has 0 aromatic rings. The third kappa shape index (κ3) is 5.11. The van der Waals surface area contributed by atoms with Crippen LogP contribution >= 0.6 is 0 Å². The third-order valence-corrected chi connectivity index (χ3v) is 4.32. The molecule has 4 nitrogen and oxygen atoms in total. The molecule has 1 aliphatic carbocycles. The smallest absolute Gasteiger partial charge is 0.308 e. The molecule has 0 bridgehead atoms. The van der Waals surface area contributed by atoms with E-state index in [0.717, 1.165) is 19.3 Å². The van der Waals surface area contributed by atoms with E-state index in [2.05, 4.69) is 26.1 Å². The van der Waals surface area contributed by atoms with Crippen molar-refractivity contribution >= 4 is 5.97 Å². The van der Waals surface area contributed by atoms with Crippen molar-refractivity contribution in [2.45, 2.75) is 70.9 Å². The van der Waals surface area contributed by atoms with Crippen molar-refractivity contribution in [2.75, 3.05) is 13.2 Å². The SMILES string of the molecule is CCOC(=O)C1CCC(O)(CNC(C)(C)CC)CC1. The van der Waals surface area contributed by atoms with Gasteiger partial charge in [0.15, 0.2) is 0 Å². The van der Waals surface area contributed by atoms with Crippen molar-refractivity contribution < 1.29 is 14.6 Å². The van der Waals surface area contributed by atoms with Crippen LogP contribution in [0.5, 0.6) is 0 Å². The van der Waals surface area contributed by atoms with E-state index in [9.17, 15) is 9.90 Å². The maximum atomic E-state index is 11.7. The predicted octanol–water partition coefficient (Wildman–Crippen LogP) is 2.25. The predicted molar refractivity (Wildman–Crippen MR) is 75.9 cm³/mol. The molecule has 0 aromatic heterocycles. The van der Waals surface area contributed by atoms with Gasteiger partial charge in [-0.3, -0.25) is 4.79 Å². The molecule has 1 saturated carbocycles. The van der Waals surface area contributed by atoms with Gasteiger partial charge in [-0.05, 0) is 52.9 Å². The minimum Gasteiger partial charge on any atom is -0.466 e. The van der Waals surface area contributed by atoms with Crippen LogP contribution in [0.3, 0.4) is 0 Å². The number of esters is 1. The highest BCUT2D eigenvalue weighted by Crippen LogP contribution is 2.32. The lowest BCUT2D eigenvalue weighted by molar-refractivity contribution is -0.151. The Bertz CT molecular complexity index is 294. The van der Waals surface area contributed by atoms with Crippen molar-refractivity contribution in [3.8, 4) is 0 Å². The average molecular weight is 271 g/mol. The van der Waals surface area contributed by atoms with E-state index in [1.807, 2.05) is 6.92 Å². The number of nitrogens with one attached hydrogen (secondary N) is 1. The van der Waals surface area contributed by atoms with Gasteiger partial charge in [0, 0.05) is 12.1 Å². The Morgan fingerprint density at radius 2 is 1.95 bits per heavy atom. The first-order chi connectivity index (χ1) is 8.82. The van der Waals surface area contributed by atoms with E-state index in [1.165, 1.54) is 0 Å². The molecule has 0 heterocycles. The topological polar surface area (TPSA) is 58.6 Å². The van der Waals surface area contributed by atoms with Gasteiger partial charge in [0.05, 0.1) is 18.1 Å². The molecule has 0 amide bonds. The second-order valence-corrected chi connectivity index (χ2v) is 6.34. The zero-order chi connectivity index (χ0) is 14.5. The fourth-order valence-electron chi connectivity index (χ4n) is 2.36. The number of carbonyl (C=O) groups excluding carboxylic acids is 1. The molecule has 1 aliphatic rings. The van der Waals surface area contributed by atoms with Gasteiger partial charge in [-0.25, -0.2) is 0 Å². The number of carbonyl (C=O) groups is 1. The molecule has 0 atom stereocenters. The molecule has 4 heteroatoms. The summed E-state index contributed by atoms with van der Waals surface area (Å²) in [4.78, 5) is 11.7. The minimum atomic E-state index is -0.671. The second kappa shape index (κ2) is 6.71. The third-order valence-electron chi connectivity index (χ3n) is 4.32. The van der Waals surface area contributed by atoms with Gasteiger partial charge >= 0.3 is 5.97 Å². The van der Waals surface area contributed by atoms with Crippen LogP contribution in [0.2, 0.25) is 0 Å². The number of hydrogen-bond acceptors (Lipinski definition) is 4. The largest absolute Gasteiger partial charge is 0.466 e. The Hall–Kier alpha value is -0.610. The summed E-state index contributed by atoms with van der Waals surface area (Å²) in [5.74, 6) is -0.134. The summed E-state index contributed by atoms with van der Waals surface area (Å²) < 4.78 is 5.04. The van der Waals surface area contributed by atoms with Gasteiger partial charge in [-0.1, -0.05) is 6.92 Å². The maximum absolute atomic E-state index is 11.7. The van der Waals surface area contributed by atoms with E-state index >= 15 is 0 Å². The van der Waals surface area contributed by atoms with E-state index in [0.29, 0.717) is 26.0 Å². The maximum Gasteiger partial charge on any atom is 0.308 e. The molecule has 0 unspecified atom stereocenters. The highest BCUT2D eigenvalue weighted by atomic mass is 16.5. The van der Waals surface area contributed by atoms with Crippen LogP contribution in [0.25, 0.3) is 0 Å². The molecular weight excluding hydrogens is 242 g/mol. The van der Waals surface area contributed by atoms with Gasteiger partial charge in [0.25, 0.3) is 0 Å². The van der Waals surface area contributed by atoms with Gasteiger partial charge in [0.1, 0.15) is 0 Å². The Morgan fingerprint density at radius 1 is 1.37 bits per heavy atom. The fraction of sp³-hybridized carbons (Fsp3) is 0.933. The van der Waals surface area contributed by atoms with Crippen LogP contribution < -0.4 is 5.32 Å². The first-order valence-electron chi connectivity index (χ1n) is 7.46. The summed E-state index contributed by atoms with van der Waals surface area (Å²) >= 11 is 0. The standard InChI is InChI=1S/C15H29NO3/c1-5-14(3,4)16-11-15(18)9-7-12(8-10-15)13(17)19-6-2/h12,16,18H,5-11H2,1-4H3. The lowest BCUT2D eigenvalue weighted by Gasteiger charge is -2.38. The van der Waals surface area contributed by atoms with Crippen LogP contribution in [-0.2, 0) is 9.53 Å². The summed E-state index contributed by atoms with van der Waals surface area (Å²) in [6, 6.07) is 0. The van der Waals surface area contributed by atoms with E-state index in [-0.39, 0.29) is 17.4 Å². The highest BCUT2D eigenvalue weighted by Gasteiger charge is 2.37. The normalized spacial score (nSPS) is 28.2. The molecular formula is C15H29NO3. The number of hydrogen-bond donors (Lipinski definition) is 2. The molecule has 1 rings (SSSR count). The monoisotopic (exact) mass is 271 g/mol. The van der Waals surface area contributed by atoms with Crippen molar-refractivity contribution in [3.63, 3.8) is 0 Å². The van der Waals surface area contributed by atoms with Crippen LogP contribution in [-0.4, -0.2) is 35.4 Å². The highest BCUT2D eigenvalue weighted by molar-refractivity contribution is 5.72.